The standard InChI is InChI=1S/C14H18ClFN2O3S2/c1-22-7-6-13(14(19)17-9-2-3-9)18-23(20,21)10-4-5-12(16)11(15)8-10/h4-5,8-9,13,18H,2-3,6-7H2,1H3,(H,17,19)/t13-/m1/s1. The second kappa shape index (κ2) is 7.83. The molecule has 2 N–H and O–H groups in total. The molecule has 1 fully saturated rings. The van der Waals surface area contributed by atoms with Crippen LogP contribution in [0.5, 0.6) is 0 Å². The summed E-state index contributed by atoms with van der Waals surface area (Å²) < 4.78 is 40.4. The van der Waals surface area contributed by atoms with Crippen LogP contribution in [-0.2, 0) is 14.8 Å². The summed E-state index contributed by atoms with van der Waals surface area (Å²) in [4.78, 5) is 12.0. The van der Waals surface area contributed by atoms with E-state index in [0.717, 1.165) is 31.0 Å². The second-order valence-electron chi connectivity index (χ2n) is 5.31. The highest BCUT2D eigenvalue weighted by Crippen LogP contribution is 2.21. The molecule has 0 aromatic heterocycles. The molecule has 1 aliphatic carbocycles. The summed E-state index contributed by atoms with van der Waals surface area (Å²) in [6, 6.07) is 2.41. The van der Waals surface area contributed by atoms with Gasteiger partial charge in [0.2, 0.25) is 15.9 Å². The average molecular weight is 381 g/mol. The van der Waals surface area contributed by atoms with Crippen LogP contribution in [0.1, 0.15) is 19.3 Å². The van der Waals surface area contributed by atoms with Gasteiger partial charge in [-0.3, -0.25) is 4.79 Å². The number of hydrogen-bond donors (Lipinski definition) is 2. The van der Waals surface area contributed by atoms with E-state index in [9.17, 15) is 17.6 Å². The Hall–Kier alpha value is -0.830. The van der Waals surface area contributed by atoms with Gasteiger partial charge in [-0.2, -0.15) is 16.5 Å². The number of halogens is 2. The van der Waals surface area contributed by atoms with E-state index in [-0.39, 0.29) is 21.9 Å². The maximum atomic E-state index is 13.2. The zero-order valence-electron chi connectivity index (χ0n) is 12.5. The van der Waals surface area contributed by atoms with Crippen LogP contribution in [0.3, 0.4) is 0 Å². The van der Waals surface area contributed by atoms with Gasteiger partial charge >= 0.3 is 0 Å². The van der Waals surface area contributed by atoms with Crippen LogP contribution >= 0.6 is 23.4 Å². The first kappa shape index (κ1) is 18.5. The summed E-state index contributed by atoms with van der Waals surface area (Å²) in [6.07, 6.45) is 4.08. The SMILES string of the molecule is CSCC[C@@H](NS(=O)(=O)c1ccc(F)c(Cl)c1)C(=O)NC1CC1. The van der Waals surface area contributed by atoms with E-state index in [1.807, 2.05) is 6.26 Å². The van der Waals surface area contributed by atoms with Gasteiger partial charge in [-0.05, 0) is 49.5 Å². The molecule has 5 nitrogen and oxygen atoms in total. The number of thioether (sulfide) groups is 1. The van der Waals surface area contributed by atoms with Gasteiger partial charge in [0.25, 0.3) is 0 Å². The van der Waals surface area contributed by atoms with Crippen LogP contribution in [0.25, 0.3) is 0 Å². The van der Waals surface area contributed by atoms with Crippen molar-refractivity contribution < 1.29 is 17.6 Å². The molecule has 2 rings (SSSR count). The van der Waals surface area contributed by atoms with Crippen LogP contribution in [0.2, 0.25) is 5.02 Å². The third kappa shape index (κ3) is 5.34. The summed E-state index contributed by atoms with van der Waals surface area (Å²) in [5.41, 5.74) is 0. The van der Waals surface area contributed by atoms with Gasteiger partial charge in [-0.15, -0.1) is 0 Å². The highest BCUT2D eigenvalue weighted by molar-refractivity contribution is 7.98. The van der Waals surface area contributed by atoms with Crippen molar-refractivity contribution in [1.82, 2.24) is 10.0 Å². The van der Waals surface area contributed by atoms with E-state index in [0.29, 0.717) is 12.2 Å². The largest absolute Gasteiger partial charge is 0.352 e. The Labute approximate surface area is 144 Å². The smallest absolute Gasteiger partial charge is 0.241 e. The van der Waals surface area contributed by atoms with Crippen molar-refractivity contribution in [3.63, 3.8) is 0 Å². The summed E-state index contributed by atoms with van der Waals surface area (Å²) in [5.74, 6) is -0.399. The predicted octanol–water partition coefficient (Wildman–Crippen LogP) is 2.16. The fourth-order valence-electron chi connectivity index (χ4n) is 1.91. The quantitative estimate of drug-likeness (QED) is 0.724. The Kier molecular flexibility index (Phi) is 6.30. The summed E-state index contributed by atoms with van der Waals surface area (Å²) in [7, 11) is -3.96. The Bertz CT molecular complexity index is 681. The van der Waals surface area contributed by atoms with Gasteiger partial charge in [0, 0.05) is 6.04 Å². The number of carbonyl (C=O) groups excluding carboxylic acids is 1. The Balaban J connectivity index is 2.14. The van der Waals surface area contributed by atoms with E-state index in [1.54, 1.807) is 0 Å². The van der Waals surface area contributed by atoms with E-state index >= 15 is 0 Å². The zero-order chi connectivity index (χ0) is 17.0. The molecule has 1 saturated carbocycles. The number of carbonyl (C=O) groups is 1. The summed E-state index contributed by atoms with van der Waals surface area (Å²) in [5, 5.41) is 2.51. The van der Waals surface area contributed by atoms with Gasteiger partial charge in [0.1, 0.15) is 11.9 Å². The average Bonchev–Trinajstić information content (AvgIpc) is 3.30. The van der Waals surface area contributed by atoms with Crippen LogP contribution in [-0.4, -0.2) is 38.4 Å². The Morgan fingerprint density at radius 1 is 1.48 bits per heavy atom. The first-order chi connectivity index (χ1) is 10.8. The Morgan fingerprint density at radius 2 is 2.17 bits per heavy atom. The van der Waals surface area contributed by atoms with Crippen molar-refractivity contribution in [2.45, 2.75) is 36.2 Å². The highest BCUT2D eigenvalue weighted by Gasteiger charge is 2.30. The van der Waals surface area contributed by atoms with Crippen molar-refractivity contribution in [3.05, 3.63) is 29.0 Å². The number of hydrogen-bond acceptors (Lipinski definition) is 4. The van der Waals surface area contributed by atoms with Crippen molar-refractivity contribution in [3.8, 4) is 0 Å². The van der Waals surface area contributed by atoms with Crippen LogP contribution in [0.4, 0.5) is 4.39 Å². The molecule has 0 spiro atoms. The van der Waals surface area contributed by atoms with E-state index in [2.05, 4.69) is 10.0 Å². The molecule has 1 aliphatic rings. The van der Waals surface area contributed by atoms with Crippen molar-refractivity contribution >= 4 is 39.3 Å². The normalized spacial score (nSPS) is 16.1. The van der Waals surface area contributed by atoms with Gasteiger partial charge in [-0.25, -0.2) is 12.8 Å². The molecule has 1 amide bonds. The zero-order valence-corrected chi connectivity index (χ0v) is 14.9. The van der Waals surface area contributed by atoms with Crippen molar-refractivity contribution in [2.24, 2.45) is 0 Å². The second-order valence-corrected chi connectivity index (χ2v) is 8.42. The Morgan fingerprint density at radius 3 is 2.74 bits per heavy atom. The molecule has 128 valence electrons. The molecule has 0 saturated heterocycles. The molecule has 1 aromatic rings. The van der Waals surface area contributed by atoms with Crippen LogP contribution < -0.4 is 10.0 Å². The molecule has 23 heavy (non-hydrogen) atoms. The first-order valence-corrected chi connectivity index (χ1v) is 10.4. The van der Waals surface area contributed by atoms with E-state index in [1.165, 1.54) is 11.8 Å². The lowest BCUT2D eigenvalue weighted by molar-refractivity contribution is -0.122. The van der Waals surface area contributed by atoms with Crippen LogP contribution in [0, 0.1) is 5.82 Å². The molecule has 1 aromatic carbocycles. The minimum Gasteiger partial charge on any atom is -0.352 e. The van der Waals surface area contributed by atoms with E-state index in [4.69, 9.17) is 11.6 Å². The number of nitrogens with one attached hydrogen (secondary N) is 2. The number of rotatable bonds is 8. The molecule has 0 unspecified atom stereocenters. The molecular weight excluding hydrogens is 363 g/mol. The van der Waals surface area contributed by atoms with Crippen molar-refractivity contribution in [1.29, 1.82) is 0 Å². The van der Waals surface area contributed by atoms with E-state index < -0.39 is 21.9 Å². The van der Waals surface area contributed by atoms with Gasteiger partial charge in [-0.1, -0.05) is 11.6 Å². The summed E-state index contributed by atoms with van der Waals surface area (Å²) in [6.45, 7) is 0. The number of benzene rings is 1. The molecule has 0 aliphatic heterocycles. The lowest BCUT2D eigenvalue weighted by Crippen LogP contribution is -2.47. The topological polar surface area (TPSA) is 75.3 Å². The third-order valence-corrected chi connectivity index (χ3v) is 5.75. The maximum Gasteiger partial charge on any atom is 0.241 e. The van der Waals surface area contributed by atoms with Crippen LogP contribution in [0.15, 0.2) is 23.1 Å². The third-order valence-electron chi connectivity index (χ3n) is 3.35. The summed E-state index contributed by atoms with van der Waals surface area (Å²) >= 11 is 7.15. The molecule has 1 atom stereocenters. The molecule has 9 heteroatoms. The minimum absolute atomic E-state index is 0.143. The lowest BCUT2D eigenvalue weighted by Gasteiger charge is -2.18. The maximum absolute atomic E-state index is 13.2. The lowest BCUT2D eigenvalue weighted by atomic mass is 10.2. The number of sulfonamides is 1. The monoisotopic (exact) mass is 380 g/mol. The van der Waals surface area contributed by atoms with Crippen molar-refractivity contribution in [2.75, 3.05) is 12.0 Å². The first-order valence-electron chi connectivity index (χ1n) is 7.10. The molecule has 0 bridgehead atoms. The molecular formula is C14H18ClFN2O3S2. The van der Waals surface area contributed by atoms with Gasteiger partial charge < -0.3 is 5.32 Å². The number of amides is 1. The predicted molar refractivity (Wildman–Crippen MR) is 89.7 cm³/mol. The van der Waals surface area contributed by atoms with Gasteiger partial charge in [0.15, 0.2) is 0 Å². The molecule has 0 radical (unpaired) electrons. The highest BCUT2D eigenvalue weighted by atomic mass is 35.5. The fourth-order valence-corrected chi connectivity index (χ4v) is 3.88. The molecule has 0 heterocycles. The minimum atomic E-state index is -3.96. The fraction of sp³-hybridized carbons (Fsp3) is 0.500. The van der Waals surface area contributed by atoms with Gasteiger partial charge in [0.05, 0.1) is 9.92 Å².